The second-order valence-electron chi connectivity index (χ2n) is 5.99. The SMILES string of the molecule is CCCCCCCC(=O)NC(c1ccccc1)c1ccccc1. The number of hydrogen-bond donors (Lipinski definition) is 1. The summed E-state index contributed by atoms with van der Waals surface area (Å²) in [7, 11) is 0. The van der Waals surface area contributed by atoms with Gasteiger partial charge in [-0.15, -0.1) is 0 Å². The molecule has 0 aliphatic heterocycles. The molecule has 0 saturated carbocycles. The number of benzene rings is 2. The standard InChI is InChI=1S/C21H27NO/c1-2-3-4-5-12-17-20(23)22-21(18-13-8-6-9-14-18)19-15-10-7-11-16-19/h6-11,13-16,21H,2-5,12,17H2,1H3,(H,22,23). The summed E-state index contributed by atoms with van der Waals surface area (Å²) >= 11 is 0. The van der Waals surface area contributed by atoms with E-state index >= 15 is 0 Å². The van der Waals surface area contributed by atoms with Crippen LogP contribution in [-0.2, 0) is 4.79 Å². The molecule has 122 valence electrons. The lowest BCUT2D eigenvalue weighted by molar-refractivity contribution is -0.121. The Morgan fingerprint density at radius 2 is 1.35 bits per heavy atom. The molecule has 2 aromatic rings. The van der Waals surface area contributed by atoms with Crippen molar-refractivity contribution >= 4 is 5.91 Å². The van der Waals surface area contributed by atoms with Gasteiger partial charge in [-0.2, -0.15) is 0 Å². The van der Waals surface area contributed by atoms with Crippen molar-refractivity contribution in [2.75, 3.05) is 0 Å². The number of carbonyl (C=O) groups excluding carboxylic acids is 1. The maximum absolute atomic E-state index is 12.3. The van der Waals surface area contributed by atoms with Crippen LogP contribution in [0.25, 0.3) is 0 Å². The number of hydrogen-bond acceptors (Lipinski definition) is 1. The lowest BCUT2D eigenvalue weighted by Gasteiger charge is -2.20. The van der Waals surface area contributed by atoms with Crippen molar-refractivity contribution in [1.29, 1.82) is 0 Å². The largest absolute Gasteiger partial charge is 0.345 e. The number of rotatable bonds is 9. The molecule has 0 aromatic heterocycles. The Kier molecular flexibility index (Phi) is 7.38. The van der Waals surface area contributed by atoms with Crippen molar-refractivity contribution in [1.82, 2.24) is 5.32 Å². The van der Waals surface area contributed by atoms with Gasteiger partial charge in [0.15, 0.2) is 0 Å². The van der Waals surface area contributed by atoms with Crippen LogP contribution in [0, 0.1) is 0 Å². The first-order valence-electron chi connectivity index (χ1n) is 8.70. The van der Waals surface area contributed by atoms with Crippen molar-refractivity contribution in [3.05, 3.63) is 71.8 Å². The molecule has 0 saturated heterocycles. The maximum Gasteiger partial charge on any atom is 0.220 e. The summed E-state index contributed by atoms with van der Waals surface area (Å²) in [6, 6.07) is 20.3. The van der Waals surface area contributed by atoms with Crippen molar-refractivity contribution in [2.45, 2.75) is 51.5 Å². The highest BCUT2D eigenvalue weighted by atomic mass is 16.1. The Morgan fingerprint density at radius 1 is 0.826 bits per heavy atom. The van der Waals surface area contributed by atoms with E-state index in [1.807, 2.05) is 36.4 Å². The lowest BCUT2D eigenvalue weighted by Crippen LogP contribution is -2.29. The van der Waals surface area contributed by atoms with Crippen LogP contribution in [0.2, 0.25) is 0 Å². The summed E-state index contributed by atoms with van der Waals surface area (Å²) in [5.74, 6) is 0.138. The Labute approximate surface area is 139 Å². The average Bonchev–Trinajstić information content (AvgIpc) is 2.61. The topological polar surface area (TPSA) is 29.1 Å². The molecule has 0 aliphatic rings. The molecule has 1 amide bonds. The first-order chi connectivity index (χ1) is 11.3. The second kappa shape index (κ2) is 9.83. The quantitative estimate of drug-likeness (QED) is 0.629. The second-order valence-corrected chi connectivity index (χ2v) is 5.99. The maximum atomic E-state index is 12.3. The van der Waals surface area contributed by atoms with Gasteiger partial charge in [-0.3, -0.25) is 4.79 Å². The van der Waals surface area contributed by atoms with E-state index in [0.717, 1.165) is 24.0 Å². The van der Waals surface area contributed by atoms with Crippen LogP contribution >= 0.6 is 0 Å². The summed E-state index contributed by atoms with van der Waals surface area (Å²) in [6.45, 7) is 2.21. The van der Waals surface area contributed by atoms with E-state index in [1.165, 1.54) is 19.3 Å². The van der Waals surface area contributed by atoms with Crippen LogP contribution in [0.15, 0.2) is 60.7 Å². The fourth-order valence-electron chi connectivity index (χ4n) is 2.77. The smallest absolute Gasteiger partial charge is 0.220 e. The third kappa shape index (κ3) is 5.90. The Hall–Kier alpha value is -2.09. The van der Waals surface area contributed by atoms with Crippen LogP contribution in [0.3, 0.4) is 0 Å². The molecule has 23 heavy (non-hydrogen) atoms. The molecule has 0 atom stereocenters. The van der Waals surface area contributed by atoms with Crippen LogP contribution in [0.4, 0.5) is 0 Å². The first kappa shape index (κ1) is 17.3. The molecular formula is C21H27NO. The monoisotopic (exact) mass is 309 g/mol. The molecule has 2 heteroatoms. The highest BCUT2D eigenvalue weighted by Gasteiger charge is 2.16. The molecule has 0 heterocycles. The molecule has 0 bridgehead atoms. The average molecular weight is 309 g/mol. The van der Waals surface area contributed by atoms with Crippen molar-refractivity contribution in [3.63, 3.8) is 0 Å². The fraction of sp³-hybridized carbons (Fsp3) is 0.381. The van der Waals surface area contributed by atoms with Gasteiger partial charge in [0.2, 0.25) is 5.91 Å². The van der Waals surface area contributed by atoms with E-state index in [1.54, 1.807) is 0 Å². The third-order valence-corrected chi connectivity index (χ3v) is 4.08. The van der Waals surface area contributed by atoms with Crippen LogP contribution in [-0.4, -0.2) is 5.91 Å². The van der Waals surface area contributed by atoms with Gasteiger partial charge in [0, 0.05) is 6.42 Å². The molecule has 0 unspecified atom stereocenters. The van der Waals surface area contributed by atoms with Crippen LogP contribution in [0.5, 0.6) is 0 Å². The number of amides is 1. The summed E-state index contributed by atoms with van der Waals surface area (Å²) < 4.78 is 0. The fourth-order valence-corrected chi connectivity index (χ4v) is 2.77. The molecule has 2 aromatic carbocycles. The first-order valence-corrected chi connectivity index (χ1v) is 8.70. The summed E-state index contributed by atoms with van der Waals surface area (Å²) in [4.78, 5) is 12.3. The highest BCUT2D eigenvalue weighted by molar-refractivity contribution is 5.77. The van der Waals surface area contributed by atoms with Gasteiger partial charge in [-0.1, -0.05) is 93.3 Å². The lowest BCUT2D eigenvalue weighted by atomic mass is 9.98. The van der Waals surface area contributed by atoms with Crippen LogP contribution in [0.1, 0.15) is 62.6 Å². The van der Waals surface area contributed by atoms with Gasteiger partial charge < -0.3 is 5.32 Å². The van der Waals surface area contributed by atoms with E-state index in [9.17, 15) is 4.79 Å². The molecular weight excluding hydrogens is 282 g/mol. The molecule has 0 fully saturated rings. The Bertz CT molecular complexity index is 525. The highest BCUT2D eigenvalue weighted by Crippen LogP contribution is 2.22. The molecule has 2 rings (SSSR count). The van der Waals surface area contributed by atoms with Gasteiger partial charge in [-0.05, 0) is 17.5 Å². The normalized spacial score (nSPS) is 10.7. The zero-order chi connectivity index (χ0) is 16.3. The van der Waals surface area contributed by atoms with Crippen molar-refractivity contribution in [3.8, 4) is 0 Å². The van der Waals surface area contributed by atoms with E-state index in [4.69, 9.17) is 0 Å². The van der Waals surface area contributed by atoms with Gasteiger partial charge in [0.25, 0.3) is 0 Å². The third-order valence-electron chi connectivity index (χ3n) is 4.08. The van der Waals surface area contributed by atoms with Gasteiger partial charge >= 0.3 is 0 Å². The molecule has 2 nitrogen and oxygen atoms in total. The van der Waals surface area contributed by atoms with E-state index in [0.29, 0.717) is 6.42 Å². The van der Waals surface area contributed by atoms with Crippen molar-refractivity contribution < 1.29 is 4.79 Å². The Balaban J connectivity index is 1.97. The summed E-state index contributed by atoms with van der Waals surface area (Å²) in [5.41, 5.74) is 2.25. The van der Waals surface area contributed by atoms with Crippen molar-refractivity contribution in [2.24, 2.45) is 0 Å². The zero-order valence-corrected chi connectivity index (χ0v) is 14.0. The van der Waals surface area contributed by atoms with E-state index in [-0.39, 0.29) is 11.9 Å². The summed E-state index contributed by atoms with van der Waals surface area (Å²) in [5, 5.41) is 3.20. The van der Waals surface area contributed by atoms with Crippen LogP contribution < -0.4 is 5.32 Å². The molecule has 0 radical (unpaired) electrons. The van der Waals surface area contributed by atoms with E-state index < -0.39 is 0 Å². The summed E-state index contributed by atoms with van der Waals surface area (Å²) in [6.07, 6.45) is 6.45. The minimum absolute atomic E-state index is 0.0689. The molecule has 0 spiro atoms. The minimum Gasteiger partial charge on any atom is -0.345 e. The van der Waals surface area contributed by atoms with Gasteiger partial charge in [-0.25, -0.2) is 0 Å². The molecule has 0 aliphatic carbocycles. The van der Waals surface area contributed by atoms with Gasteiger partial charge in [0.05, 0.1) is 6.04 Å². The predicted molar refractivity (Wildman–Crippen MR) is 96.2 cm³/mol. The predicted octanol–water partition coefficient (Wildman–Crippen LogP) is 5.25. The zero-order valence-electron chi connectivity index (χ0n) is 14.0. The Morgan fingerprint density at radius 3 is 1.87 bits per heavy atom. The van der Waals surface area contributed by atoms with E-state index in [2.05, 4.69) is 36.5 Å². The number of nitrogens with one attached hydrogen (secondary N) is 1. The van der Waals surface area contributed by atoms with Gasteiger partial charge in [0.1, 0.15) is 0 Å². The number of unbranched alkanes of at least 4 members (excludes halogenated alkanes) is 4. The minimum atomic E-state index is -0.0689. The molecule has 1 N–H and O–H groups in total. The number of carbonyl (C=O) groups is 1.